The van der Waals surface area contributed by atoms with Crippen molar-refractivity contribution in [2.45, 2.75) is 19.4 Å². The Hall–Kier alpha value is -2.10. The average molecular weight is 277 g/mol. The topological polar surface area (TPSA) is 21.3 Å². The Morgan fingerprint density at radius 3 is 2.40 bits per heavy atom. The van der Waals surface area contributed by atoms with Gasteiger partial charge in [0.15, 0.2) is 0 Å². The van der Waals surface area contributed by atoms with Crippen molar-refractivity contribution in [3.63, 3.8) is 0 Å². The van der Waals surface area contributed by atoms with Gasteiger partial charge in [-0.2, -0.15) is 0 Å². The second-order valence-electron chi connectivity index (χ2n) is 4.72. The molecule has 1 atom stereocenters. The van der Waals surface area contributed by atoms with E-state index >= 15 is 0 Å². The van der Waals surface area contributed by atoms with Crippen LogP contribution >= 0.6 is 0 Å². The highest BCUT2D eigenvalue weighted by atomic mass is 19.1. The molecule has 0 aromatic heterocycles. The van der Waals surface area contributed by atoms with Gasteiger partial charge in [-0.1, -0.05) is 12.1 Å². The van der Waals surface area contributed by atoms with Crippen molar-refractivity contribution >= 4 is 5.69 Å². The predicted molar refractivity (Wildman–Crippen MR) is 76.1 cm³/mol. The quantitative estimate of drug-likeness (QED) is 0.891. The SMILES string of the molecule is COc1ccc(CC(C)Nc2ccc(F)cc2F)cc1. The van der Waals surface area contributed by atoms with E-state index in [9.17, 15) is 8.78 Å². The highest BCUT2D eigenvalue weighted by molar-refractivity contribution is 5.45. The summed E-state index contributed by atoms with van der Waals surface area (Å²) >= 11 is 0. The molecule has 0 radical (unpaired) electrons. The zero-order chi connectivity index (χ0) is 14.5. The summed E-state index contributed by atoms with van der Waals surface area (Å²) in [6.07, 6.45) is 0.737. The molecule has 0 spiro atoms. The summed E-state index contributed by atoms with van der Waals surface area (Å²) in [5.41, 5.74) is 1.43. The van der Waals surface area contributed by atoms with Crippen LogP contribution in [0.1, 0.15) is 12.5 Å². The Bertz CT molecular complexity index is 569. The van der Waals surface area contributed by atoms with Crippen molar-refractivity contribution in [2.24, 2.45) is 0 Å². The summed E-state index contributed by atoms with van der Waals surface area (Å²) in [6, 6.07) is 11.3. The lowest BCUT2D eigenvalue weighted by atomic mass is 10.1. The van der Waals surface area contributed by atoms with Crippen LogP contribution < -0.4 is 10.1 Å². The molecule has 20 heavy (non-hydrogen) atoms. The van der Waals surface area contributed by atoms with Gasteiger partial charge in [0.05, 0.1) is 12.8 Å². The first kappa shape index (κ1) is 14.3. The first-order chi connectivity index (χ1) is 9.58. The Kier molecular flexibility index (Phi) is 4.56. The number of rotatable bonds is 5. The van der Waals surface area contributed by atoms with Crippen LogP contribution in [0.25, 0.3) is 0 Å². The molecule has 0 bridgehead atoms. The molecule has 0 saturated heterocycles. The van der Waals surface area contributed by atoms with Gasteiger partial charge in [0.25, 0.3) is 0 Å². The molecule has 2 aromatic carbocycles. The lowest BCUT2D eigenvalue weighted by Crippen LogP contribution is -2.18. The molecule has 0 aliphatic rings. The number of nitrogens with one attached hydrogen (secondary N) is 1. The zero-order valence-electron chi connectivity index (χ0n) is 11.5. The van der Waals surface area contributed by atoms with Crippen LogP contribution in [0.15, 0.2) is 42.5 Å². The van der Waals surface area contributed by atoms with Crippen molar-refractivity contribution in [3.8, 4) is 5.75 Å². The van der Waals surface area contributed by atoms with E-state index in [1.807, 2.05) is 31.2 Å². The molecule has 2 aromatic rings. The first-order valence-electron chi connectivity index (χ1n) is 6.43. The fourth-order valence-corrected chi connectivity index (χ4v) is 2.04. The number of anilines is 1. The van der Waals surface area contributed by atoms with Crippen molar-refractivity contribution in [1.29, 1.82) is 0 Å². The maximum absolute atomic E-state index is 13.5. The number of methoxy groups -OCH3 is 1. The minimum atomic E-state index is -0.577. The summed E-state index contributed by atoms with van der Waals surface area (Å²) in [5, 5.41) is 3.04. The molecule has 0 aliphatic carbocycles. The lowest BCUT2D eigenvalue weighted by Gasteiger charge is -2.16. The van der Waals surface area contributed by atoms with E-state index in [4.69, 9.17) is 4.74 Å². The van der Waals surface area contributed by atoms with Crippen LogP contribution in [-0.4, -0.2) is 13.2 Å². The van der Waals surface area contributed by atoms with Gasteiger partial charge < -0.3 is 10.1 Å². The van der Waals surface area contributed by atoms with Crippen molar-refractivity contribution in [3.05, 3.63) is 59.7 Å². The van der Waals surface area contributed by atoms with Gasteiger partial charge in [0.1, 0.15) is 17.4 Å². The third kappa shape index (κ3) is 3.70. The molecule has 1 unspecified atom stereocenters. The Morgan fingerprint density at radius 1 is 1.10 bits per heavy atom. The summed E-state index contributed by atoms with van der Waals surface area (Å²) in [6.45, 7) is 1.95. The van der Waals surface area contributed by atoms with E-state index in [0.717, 1.165) is 23.8 Å². The van der Waals surface area contributed by atoms with Gasteiger partial charge in [0.2, 0.25) is 0 Å². The van der Waals surface area contributed by atoms with Crippen LogP contribution in [0.2, 0.25) is 0 Å². The molecule has 4 heteroatoms. The number of ether oxygens (including phenoxy) is 1. The van der Waals surface area contributed by atoms with E-state index in [2.05, 4.69) is 5.32 Å². The molecular weight excluding hydrogens is 260 g/mol. The van der Waals surface area contributed by atoms with E-state index in [1.165, 1.54) is 12.1 Å². The van der Waals surface area contributed by atoms with E-state index in [-0.39, 0.29) is 6.04 Å². The Morgan fingerprint density at radius 2 is 1.80 bits per heavy atom. The summed E-state index contributed by atoms with van der Waals surface area (Å²) in [5.74, 6) is -0.346. The molecule has 0 fully saturated rings. The number of halogens is 2. The highest BCUT2D eigenvalue weighted by Crippen LogP contribution is 2.18. The van der Waals surface area contributed by atoms with Gasteiger partial charge in [-0.25, -0.2) is 8.78 Å². The summed E-state index contributed by atoms with van der Waals surface area (Å²) < 4.78 is 31.4. The van der Waals surface area contributed by atoms with Crippen LogP contribution in [0.4, 0.5) is 14.5 Å². The van der Waals surface area contributed by atoms with E-state index in [0.29, 0.717) is 5.69 Å². The maximum atomic E-state index is 13.5. The maximum Gasteiger partial charge on any atom is 0.149 e. The van der Waals surface area contributed by atoms with Gasteiger partial charge in [-0.3, -0.25) is 0 Å². The largest absolute Gasteiger partial charge is 0.497 e. The zero-order valence-corrected chi connectivity index (χ0v) is 11.5. The fourth-order valence-electron chi connectivity index (χ4n) is 2.04. The van der Waals surface area contributed by atoms with Gasteiger partial charge in [0, 0.05) is 12.1 Å². The molecule has 0 saturated carbocycles. The van der Waals surface area contributed by atoms with Gasteiger partial charge >= 0.3 is 0 Å². The second-order valence-corrected chi connectivity index (χ2v) is 4.72. The van der Waals surface area contributed by atoms with Crippen LogP contribution in [0.3, 0.4) is 0 Å². The molecule has 106 valence electrons. The molecule has 0 aliphatic heterocycles. The van der Waals surface area contributed by atoms with E-state index in [1.54, 1.807) is 7.11 Å². The van der Waals surface area contributed by atoms with Gasteiger partial charge in [-0.05, 0) is 43.2 Å². The summed E-state index contributed by atoms with van der Waals surface area (Å²) in [7, 11) is 1.62. The molecule has 2 rings (SSSR count). The number of hydrogen-bond donors (Lipinski definition) is 1. The minimum Gasteiger partial charge on any atom is -0.497 e. The highest BCUT2D eigenvalue weighted by Gasteiger charge is 2.08. The number of benzene rings is 2. The average Bonchev–Trinajstić information content (AvgIpc) is 2.43. The minimum absolute atomic E-state index is 0.0309. The molecule has 0 heterocycles. The van der Waals surface area contributed by atoms with Crippen LogP contribution in [-0.2, 0) is 6.42 Å². The predicted octanol–water partition coefficient (Wildman–Crippen LogP) is 4.02. The molecule has 2 nitrogen and oxygen atoms in total. The Balaban J connectivity index is 1.99. The monoisotopic (exact) mass is 277 g/mol. The third-order valence-corrected chi connectivity index (χ3v) is 3.03. The molecule has 1 N–H and O–H groups in total. The van der Waals surface area contributed by atoms with Crippen LogP contribution in [0, 0.1) is 11.6 Å². The fraction of sp³-hybridized carbons (Fsp3) is 0.250. The third-order valence-electron chi connectivity index (χ3n) is 3.03. The van der Waals surface area contributed by atoms with E-state index < -0.39 is 11.6 Å². The van der Waals surface area contributed by atoms with Crippen molar-refractivity contribution in [2.75, 3.05) is 12.4 Å². The normalized spacial score (nSPS) is 12.0. The number of hydrogen-bond acceptors (Lipinski definition) is 2. The summed E-state index contributed by atoms with van der Waals surface area (Å²) in [4.78, 5) is 0. The van der Waals surface area contributed by atoms with Crippen molar-refractivity contribution in [1.82, 2.24) is 0 Å². The van der Waals surface area contributed by atoms with Gasteiger partial charge in [-0.15, -0.1) is 0 Å². The van der Waals surface area contributed by atoms with Crippen LogP contribution in [0.5, 0.6) is 5.75 Å². The standard InChI is InChI=1S/C16H17F2NO/c1-11(9-12-3-6-14(20-2)7-4-12)19-16-8-5-13(17)10-15(16)18/h3-8,10-11,19H,9H2,1-2H3. The first-order valence-corrected chi connectivity index (χ1v) is 6.43. The smallest absolute Gasteiger partial charge is 0.149 e. The second kappa shape index (κ2) is 6.37. The molecular formula is C16H17F2NO. The Labute approximate surface area is 117 Å². The van der Waals surface area contributed by atoms with Crippen molar-refractivity contribution < 1.29 is 13.5 Å². The lowest BCUT2D eigenvalue weighted by molar-refractivity contribution is 0.414. The molecule has 0 amide bonds.